The molecule has 0 spiro atoms. The summed E-state index contributed by atoms with van der Waals surface area (Å²) in [5, 5.41) is 0.615. The summed E-state index contributed by atoms with van der Waals surface area (Å²) >= 11 is 8.17. The maximum Gasteiger partial charge on any atom is 0.255 e. The lowest BCUT2D eigenvalue weighted by atomic mass is 10.1. The maximum atomic E-state index is 12.5. The van der Waals surface area contributed by atoms with E-state index in [1.54, 1.807) is 6.07 Å². The van der Waals surface area contributed by atoms with Crippen LogP contribution in [-0.4, -0.2) is 47.9 Å². The molecule has 2 rings (SSSR count). The predicted molar refractivity (Wildman–Crippen MR) is 86.8 cm³/mol. The second-order valence-corrected chi connectivity index (χ2v) is 6.64. The summed E-state index contributed by atoms with van der Waals surface area (Å²) in [6, 6.07) is 6.01. The summed E-state index contributed by atoms with van der Waals surface area (Å²) in [4.78, 5) is 16.8. The summed E-state index contributed by atoms with van der Waals surface area (Å²) in [6.07, 6.45) is 0. The van der Waals surface area contributed by atoms with E-state index >= 15 is 0 Å². The van der Waals surface area contributed by atoms with Crippen LogP contribution in [0.15, 0.2) is 18.2 Å². The van der Waals surface area contributed by atoms with Crippen LogP contribution in [0.5, 0.6) is 0 Å². The van der Waals surface area contributed by atoms with Gasteiger partial charge >= 0.3 is 0 Å². The van der Waals surface area contributed by atoms with Gasteiger partial charge in [-0.25, -0.2) is 0 Å². The van der Waals surface area contributed by atoms with Gasteiger partial charge in [-0.1, -0.05) is 11.6 Å². The highest BCUT2D eigenvalue weighted by molar-refractivity contribution is 14.1. The zero-order chi connectivity index (χ0) is 14.0. The molecule has 0 N–H and O–H groups in total. The molecule has 3 nitrogen and oxygen atoms in total. The van der Waals surface area contributed by atoms with Gasteiger partial charge in [0.1, 0.15) is 0 Å². The van der Waals surface area contributed by atoms with Gasteiger partial charge in [0, 0.05) is 40.8 Å². The molecule has 1 aliphatic rings. The molecule has 0 saturated carbocycles. The van der Waals surface area contributed by atoms with E-state index in [-0.39, 0.29) is 5.91 Å². The molecule has 0 atom stereocenters. The van der Waals surface area contributed by atoms with Gasteiger partial charge in [-0.3, -0.25) is 9.69 Å². The largest absolute Gasteiger partial charge is 0.336 e. The monoisotopic (exact) mass is 392 g/mol. The van der Waals surface area contributed by atoms with Crippen LogP contribution < -0.4 is 0 Å². The lowest BCUT2D eigenvalue weighted by Gasteiger charge is -2.37. The van der Waals surface area contributed by atoms with Crippen molar-refractivity contribution >= 4 is 40.1 Å². The molecule has 1 aromatic carbocycles. The Hall–Kier alpha value is -0.330. The minimum atomic E-state index is 0.0929. The summed E-state index contributed by atoms with van der Waals surface area (Å²) in [7, 11) is 0. The second-order valence-electron chi connectivity index (χ2n) is 5.05. The van der Waals surface area contributed by atoms with Gasteiger partial charge in [-0.05, 0) is 54.6 Å². The predicted octanol–water partition coefficient (Wildman–Crippen LogP) is 3.11. The van der Waals surface area contributed by atoms with Gasteiger partial charge in [-0.2, -0.15) is 0 Å². The van der Waals surface area contributed by atoms with E-state index in [1.165, 1.54) is 0 Å². The van der Waals surface area contributed by atoms with Crippen LogP contribution >= 0.6 is 34.2 Å². The van der Waals surface area contributed by atoms with Crippen molar-refractivity contribution in [3.8, 4) is 0 Å². The Morgan fingerprint density at radius 2 is 1.89 bits per heavy atom. The zero-order valence-corrected chi connectivity index (χ0v) is 14.1. The molecule has 1 aliphatic heterocycles. The fourth-order valence-electron chi connectivity index (χ4n) is 2.27. The number of carbonyl (C=O) groups excluding carboxylic acids is 1. The minimum Gasteiger partial charge on any atom is -0.336 e. The Bertz CT molecular complexity index is 471. The number of hydrogen-bond acceptors (Lipinski definition) is 2. The fraction of sp³-hybridized carbons (Fsp3) is 0.500. The van der Waals surface area contributed by atoms with Crippen molar-refractivity contribution < 1.29 is 4.79 Å². The SMILES string of the molecule is CC(C)N1CCN(C(=O)c2cc(Cl)ccc2I)CC1. The highest BCUT2D eigenvalue weighted by Gasteiger charge is 2.24. The molecule has 1 amide bonds. The molecule has 1 fully saturated rings. The summed E-state index contributed by atoms with van der Waals surface area (Å²) in [6.45, 7) is 7.86. The third-order valence-electron chi connectivity index (χ3n) is 3.49. The van der Waals surface area contributed by atoms with Gasteiger partial charge in [-0.15, -0.1) is 0 Å². The van der Waals surface area contributed by atoms with Crippen molar-refractivity contribution in [2.45, 2.75) is 19.9 Å². The minimum absolute atomic E-state index is 0.0929. The number of amides is 1. The number of hydrogen-bond donors (Lipinski definition) is 0. The second kappa shape index (κ2) is 6.41. The molecular formula is C14H18ClIN2O. The van der Waals surface area contributed by atoms with Crippen LogP contribution in [0.4, 0.5) is 0 Å². The van der Waals surface area contributed by atoms with E-state index in [0.29, 0.717) is 16.6 Å². The molecule has 0 aliphatic carbocycles. The smallest absolute Gasteiger partial charge is 0.255 e. The Labute approximate surface area is 133 Å². The van der Waals surface area contributed by atoms with Crippen LogP contribution in [0.1, 0.15) is 24.2 Å². The number of piperazine rings is 1. The first kappa shape index (κ1) is 15.1. The van der Waals surface area contributed by atoms with Crippen molar-refractivity contribution in [1.82, 2.24) is 9.80 Å². The highest BCUT2D eigenvalue weighted by atomic mass is 127. The number of benzene rings is 1. The maximum absolute atomic E-state index is 12.5. The first-order valence-electron chi connectivity index (χ1n) is 6.47. The standard InChI is InChI=1S/C14H18ClIN2O/c1-10(2)17-5-7-18(8-6-17)14(19)12-9-11(15)3-4-13(12)16/h3-4,9-10H,5-8H2,1-2H3. The van der Waals surface area contributed by atoms with Crippen molar-refractivity contribution in [1.29, 1.82) is 0 Å². The number of nitrogens with zero attached hydrogens (tertiary/aromatic N) is 2. The Morgan fingerprint density at radius 3 is 2.47 bits per heavy atom. The summed E-state index contributed by atoms with van der Waals surface area (Å²) < 4.78 is 0.957. The molecule has 104 valence electrons. The van der Waals surface area contributed by atoms with Crippen molar-refractivity contribution in [3.05, 3.63) is 32.4 Å². The third kappa shape index (κ3) is 3.61. The van der Waals surface area contributed by atoms with Crippen molar-refractivity contribution in [2.75, 3.05) is 26.2 Å². The fourth-order valence-corrected chi connectivity index (χ4v) is 3.01. The Morgan fingerprint density at radius 1 is 1.26 bits per heavy atom. The first-order valence-corrected chi connectivity index (χ1v) is 7.93. The van der Waals surface area contributed by atoms with E-state index in [4.69, 9.17) is 11.6 Å². The van der Waals surface area contributed by atoms with Crippen LogP contribution in [0.2, 0.25) is 5.02 Å². The Balaban J connectivity index is 2.07. The quantitative estimate of drug-likeness (QED) is 0.722. The summed E-state index contributed by atoms with van der Waals surface area (Å²) in [5.41, 5.74) is 0.714. The lowest BCUT2D eigenvalue weighted by Crippen LogP contribution is -2.50. The topological polar surface area (TPSA) is 23.6 Å². The van der Waals surface area contributed by atoms with Crippen LogP contribution in [0, 0.1) is 3.57 Å². The van der Waals surface area contributed by atoms with E-state index in [9.17, 15) is 4.79 Å². The zero-order valence-electron chi connectivity index (χ0n) is 11.2. The van der Waals surface area contributed by atoms with E-state index < -0.39 is 0 Å². The molecule has 19 heavy (non-hydrogen) atoms. The molecule has 1 heterocycles. The van der Waals surface area contributed by atoms with Gasteiger partial charge in [0.15, 0.2) is 0 Å². The highest BCUT2D eigenvalue weighted by Crippen LogP contribution is 2.20. The van der Waals surface area contributed by atoms with Crippen LogP contribution in [0.3, 0.4) is 0 Å². The normalized spacial score (nSPS) is 17.0. The molecule has 1 aromatic rings. The van der Waals surface area contributed by atoms with E-state index in [0.717, 1.165) is 29.7 Å². The molecule has 5 heteroatoms. The van der Waals surface area contributed by atoms with E-state index in [2.05, 4.69) is 41.3 Å². The van der Waals surface area contributed by atoms with Gasteiger partial charge in [0.25, 0.3) is 5.91 Å². The Kier molecular flexibility index (Phi) is 5.09. The van der Waals surface area contributed by atoms with Crippen LogP contribution in [-0.2, 0) is 0 Å². The molecule has 1 saturated heterocycles. The van der Waals surface area contributed by atoms with Crippen LogP contribution in [0.25, 0.3) is 0 Å². The molecule has 0 unspecified atom stereocenters. The van der Waals surface area contributed by atoms with Crippen molar-refractivity contribution in [3.63, 3.8) is 0 Å². The molecular weight excluding hydrogens is 375 g/mol. The molecule has 0 radical (unpaired) electrons. The van der Waals surface area contributed by atoms with E-state index in [1.807, 2.05) is 17.0 Å². The number of carbonyl (C=O) groups is 1. The average molecular weight is 393 g/mol. The number of rotatable bonds is 2. The lowest BCUT2D eigenvalue weighted by molar-refractivity contribution is 0.0594. The van der Waals surface area contributed by atoms with Gasteiger partial charge < -0.3 is 4.90 Å². The molecule has 0 aromatic heterocycles. The number of halogens is 2. The first-order chi connectivity index (χ1) is 8.99. The molecule has 0 bridgehead atoms. The third-order valence-corrected chi connectivity index (χ3v) is 4.67. The summed E-state index contributed by atoms with van der Waals surface area (Å²) in [5.74, 6) is 0.0929. The van der Waals surface area contributed by atoms with Gasteiger partial charge in [0.05, 0.1) is 5.56 Å². The van der Waals surface area contributed by atoms with Crippen molar-refractivity contribution in [2.24, 2.45) is 0 Å². The average Bonchev–Trinajstić information content (AvgIpc) is 2.41. The van der Waals surface area contributed by atoms with Gasteiger partial charge in [0.2, 0.25) is 0 Å².